The minimum absolute atomic E-state index is 0. The standard InChI is InChI=1S/C14H20F2N2O.ClH/c1-2-8-18(10-13(15)16)14(19)9-12(17)11-6-4-3-5-7-11;/h3-7,12-13H,2,8-10,17H2,1H3;1H. The average Bonchev–Trinajstić information content (AvgIpc) is 2.38. The molecule has 0 saturated carbocycles. The van der Waals surface area contributed by atoms with Gasteiger partial charge in [-0.15, -0.1) is 12.4 Å². The van der Waals surface area contributed by atoms with Crippen molar-refractivity contribution < 1.29 is 13.6 Å². The second kappa shape index (κ2) is 9.66. The smallest absolute Gasteiger partial charge is 0.255 e. The van der Waals surface area contributed by atoms with Gasteiger partial charge in [-0.05, 0) is 12.0 Å². The molecule has 114 valence electrons. The van der Waals surface area contributed by atoms with Crippen LogP contribution in [0.1, 0.15) is 31.4 Å². The number of nitrogens with two attached hydrogens (primary N) is 1. The van der Waals surface area contributed by atoms with Crippen molar-refractivity contribution in [3.8, 4) is 0 Å². The van der Waals surface area contributed by atoms with Crippen molar-refractivity contribution in [2.75, 3.05) is 13.1 Å². The lowest BCUT2D eigenvalue weighted by atomic mass is 10.0. The second-order valence-corrected chi connectivity index (χ2v) is 4.45. The van der Waals surface area contributed by atoms with E-state index in [9.17, 15) is 13.6 Å². The molecular formula is C14H21ClF2N2O. The molecule has 20 heavy (non-hydrogen) atoms. The molecule has 1 unspecified atom stereocenters. The Labute approximate surface area is 124 Å². The normalized spacial score (nSPS) is 11.8. The van der Waals surface area contributed by atoms with Crippen LogP contribution in [0.3, 0.4) is 0 Å². The van der Waals surface area contributed by atoms with Crippen LogP contribution in [0.15, 0.2) is 30.3 Å². The van der Waals surface area contributed by atoms with Crippen LogP contribution in [0.5, 0.6) is 0 Å². The first-order chi connectivity index (χ1) is 9.04. The van der Waals surface area contributed by atoms with E-state index in [-0.39, 0.29) is 24.7 Å². The predicted octanol–water partition coefficient (Wildman–Crippen LogP) is 3.00. The number of nitrogens with zero attached hydrogens (tertiary/aromatic N) is 1. The first kappa shape index (κ1) is 18.8. The van der Waals surface area contributed by atoms with Crippen molar-refractivity contribution in [2.45, 2.75) is 32.2 Å². The maximum atomic E-state index is 12.4. The summed E-state index contributed by atoms with van der Waals surface area (Å²) in [5, 5.41) is 0. The van der Waals surface area contributed by atoms with Crippen LogP contribution in [0, 0.1) is 0 Å². The molecule has 2 N–H and O–H groups in total. The first-order valence-electron chi connectivity index (χ1n) is 6.41. The Morgan fingerprint density at radius 2 is 1.90 bits per heavy atom. The molecule has 0 aliphatic heterocycles. The highest BCUT2D eigenvalue weighted by molar-refractivity contribution is 5.85. The van der Waals surface area contributed by atoms with E-state index in [1.165, 1.54) is 4.90 Å². The Kier molecular flexibility index (Phi) is 9.08. The summed E-state index contributed by atoms with van der Waals surface area (Å²) < 4.78 is 24.8. The number of hydrogen-bond donors (Lipinski definition) is 1. The van der Waals surface area contributed by atoms with Gasteiger partial charge < -0.3 is 10.6 Å². The summed E-state index contributed by atoms with van der Waals surface area (Å²) in [6.45, 7) is 1.67. The van der Waals surface area contributed by atoms with Gasteiger partial charge in [0.05, 0.1) is 6.54 Å². The van der Waals surface area contributed by atoms with Crippen molar-refractivity contribution in [1.29, 1.82) is 0 Å². The quantitative estimate of drug-likeness (QED) is 0.842. The zero-order valence-corrected chi connectivity index (χ0v) is 12.3. The monoisotopic (exact) mass is 306 g/mol. The summed E-state index contributed by atoms with van der Waals surface area (Å²) >= 11 is 0. The van der Waals surface area contributed by atoms with Crippen molar-refractivity contribution in [3.05, 3.63) is 35.9 Å². The highest BCUT2D eigenvalue weighted by atomic mass is 35.5. The summed E-state index contributed by atoms with van der Waals surface area (Å²) in [5.41, 5.74) is 6.76. The number of carbonyl (C=O) groups excluding carboxylic acids is 1. The largest absolute Gasteiger partial charge is 0.337 e. The van der Waals surface area contributed by atoms with Gasteiger partial charge in [-0.2, -0.15) is 0 Å². The molecule has 1 amide bonds. The molecule has 0 saturated heterocycles. The van der Waals surface area contributed by atoms with Gasteiger partial charge in [0, 0.05) is 19.0 Å². The molecule has 0 bridgehead atoms. The highest BCUT2D eigenvalue weighted by Gasteiger charge is 2.20. The molecule has 1 aromatic rings. The van der Waals surface area contributed by atoms with Gasteiger partial charge in [-0.1, -0.05) is 37.3 Å². The van der Waals surface area contributed by atoms with E-state index < -0.39 is 19.0 Å². The number of alkyl halides is 2. The van der Waals surface area contributed by atoms with Crippen LogP contribution in [-0.2, 0) is 4.79 Å². The fraction of sp³-hybridized carbons (Fsp3) is 0.500. The molecule has 0 radical (unpaired) electrons. The fourth-order valence-electron chi connectivity index (χ4n) is 1.89. The lowest BCUT2D eigenvalue weighted by Gasteiger charge is -2.23. The van der Waals surface area contributed by atoms with Crippen LogP contribution in [-0.4, -0.2) is 30.3 Å². The van der Waals surface area contributed by atoms with E-state index in [2.05, 4.69) is 0 Å². The zero-order chi connectivity index (χ0) is 14.3. The van der Waals surface area contributed by atoms with Crippen molar-refractivity contribution >= 4 is 18.3 Å². The van der Waals surface area contributed by atoms with E-state index >= 15 is 0 Å². The van der Waals surface area contributed by atoms with Crippen LogP contribution < -0.4 is 5.73 Å². The van der Waals surface area contributed by atoms with Gasteiger partial charge >= 0.3 is 0 Å². The third kappa shape index (κ3) is 6.30. The lowest BCUT2D eigenvalue weighted by molar-refractivity contribution is -0.133. The molecule has 1 rings (SSSR count). The maximum Gasteiger partial charge on any atom is 0.255 e. The van der Waals surface area contributed by atoms with E-state index in [0.29, 0.717) is 13.0 Å². The zero-order valence-electron chi connectivity index (χ0n) is 11.5. The third-order valence-corrected chi connectivity index (χ3v) is 2.83. The van der Waals surface area contributed by atoms with Gasteiger partial charge in [0.2, 0.25) is 5.91 Å². The highest BCUT2D eigenvalue weighted by Crippen LogP contribution is 2.15. The Bertz CT molecular complexity index is 390. The van der Waals surface area contributed by atoms with Gasteiger partial charge in [0.25, 0.3) is 6.43 Å². The maximum absolute atomic E-state index is 12.4. The average molecular weight is 307 g/mol. The molecular weight excluding hydrogens is 286 g/mol. The van der Waals surface area contributed by atoms with E-state index in [0.717, 1.165) is 5.56 Å². The fourth-order valence-corrected chi connectivity index (χ4v) is 1.89. The minimum atomic E-state index is -2.51. The summed E-state index contributed by atoms with van der Waals surface area (Å²) in [7, 11) is 0. The van der Waals surface area contributed by atoms with Crippen LogP contribution in [0.4, 0.5) is 8.78 Å². The van der Waals surface area contributed by atoms with E-state index in [4.69, 9.17) is 5.73 Å². The summed E-state index contributed by atoms with van der Waals surface area (Å²) in [6, 6.07) is 8.74. The molecule has 0 fully saturated rings. The molecule has 0 aliphatic rings. The molecule has 0 heterocycles. The second-order valence-electron chi connectivity index (χ2n) is 4.45. The van der Waals surface area contributed by atoms with E-state index in [1.807, 2.05) is 37.3 Å². The molecule has 0 aromatic heterocycles. The Balaban J connectivity index is 0.00000361. The SMILES string of the molecule is CCCN(CC(F)F)C(=O)CC(N)c1ccccc1.Cl. The van der Waals surface area contributed by atoms with Crippen LogP contribution in [0.2, 0.25) is 0 Å². The number of carbonyl (C=O) groups is 1. The molecule has 0 aliphatic carbocycles. The van der Waals surface area contributed by atoms with Gasteiger partial charge in [0.15, 0.2) is 0 Å². The van der Waals surface area contributed by atoms with Gasteiger partial charge in [0.1, 0.15) is 0 Å². The minimum Gasteiger partial charge on any atom is -0.337 e. The number of amides is 1. The Morgan fingerprint density at radius 3 is 2.40 bits per heavy atom. The van der Waals surface area contributed by atoms with Crippen molar-refractivity contribution in [1.82, 2.24) is 4.90 Å². The molecule has 1 atom stereocenters. The first-order valence-corrected chi connectivity index (χ1v) is 6.41. The Hall–Kier alpha value is -1.20. The number of rotatable bonds is 7. The summed E-state index contributed by atoms with van der Waals surface area (Å²) in [4.78, 5) is 13.2. The van der Waals surface area contributed by atoms with Gasteiger partial charge in [-0.3, -0.25) is 4.79 Å². The predicted molar refractivity (Wildman–Crippen MR) is 78.1 cm³/mol. The summed E-state index contributed by atoms with van der Waals surface area (Å²) in [6.07, 6.45) is -1.81. The van der Waals surface area contributed by atoms with Crippen molar-refractivity contribution in [2.24, 2.45) is 5.73 Å². The topological polar surface area (TPSA) is 46.3 Å². The van der Waals surface area contributed by atoms with Crippen LogP contribution in [0.25, 0.3) is 0 Å². The molecule has 0 spiro atoms. The molecule has 6 heteroatoms. The van der Waals surface area contributed by atoms with Crippen molar-refractivity contribution in [3.63, 3.8) is 0 Å². The number of benzene rings is 1. The van der Waals surface area contributed by atoms with Crippen LogP contribution >= 0.6 is 12.4 Å². The third-order valence-electron chi connectivity index (χ3n) is 2.83. The summed E-state index contributed by atoms with van der Waals surface area (Å²) in [5.74, 6) is -0.321. The van der Waals surface area contributed by atoms with Gasteiger partial charge in [-0.25, -0.2) is 8.78 Å². The molecule has 3 nitrogen and oxygen atoms in total. The van der Waals surface area contributed by atoms with E-state index in [1.54, 1.807) is 0 Å². The molecule has 1 aromatic carbocycles. The number of hydrogen-bond acceptors (Lipinski definition) is 2. The Morgan fingerprint density at radius 1 is 1.30 bits per heavy atom. The lowest BCUT2D eigenvalue weighted by Crippen LogP contribution is -2.37. The number of halogens is 3.